The molecule has 0 aromatic carbocycles. The van der Waals surface area contributed by atoms with Crippen LogP contribution in [-0.2, 0) is 0 Å². The van der Waals surface area contributed by atoms with Crippen LogP contribution in [0.25, 0.3) is 0 Å². The van der Waals surface area contributed by atoms with Gasteiger partial charge in [0.25, 0.3) is 5.91 Å². The molecule has 1 amide bonds. The van der Waals surface area contributed by atoms with E-state index in [9.17, 15) is 4.79 Å². The van der Waals surface area contributed by atoms with E-state index in [4.69, 9.17) is 0 Å². The first-order valence-corrected chi connectivity index (χ1v) is 7.52. The lowest BCUT2D eigenvalue weighted by Crippen LogP contribution is -2.54. The van der Waals surface area contributed by atoms with E-state index in [1.807, 2.05) is 11.8 Å². The normalized spacial score (nSPS) is 16.9. The number of rotatable bonds is 3. The molecule has 0 aliphatic carbocycles. The van der Waals surface area contributed by atoms with Gasteiger partial charge in [0.15, 0.2) is 0 Å². The van der Waals surface area contributed by atoms with Gasteiger partial charge in [0.1, 0.15) is 11.5 Å². The van der Waals surface area contributed by atoms with Gasteiger partial charge in [-0.2, -0.15) is 0 Å². The quantitative estimate of drug-likeness (QED) is 0.913. The van der Waals surface area contributed by atoms with Gasteiger partial charge < -0.3 is 10.2 Å². The van der Waals surface area contributed by atoms with Crippen molar-refractivity contribution < 1.29 is 4.79 Å². The van der Waals surface area contributed by atoms with Gasteiger partial charge in [-0.1, -0.05) is 0 Å². The molecule has 116 valence electrons. The first-order valence-electron chi connectivity index (χ1n) is 7.52. The number of carbonyl (C=O) groups is 1. The molecule has 0 unspecified atom stereocenters. The van der Waals surface area contributed by atoms with Gasteiger partial charge in [-0.15, -0.1) is 0 Å². The predicted molar refractivity (Wildman–Crippen MR) is 83.4 cm³/mol. The maximum absolute atomic E-state index is 12.4. The maximum atomic E-state index is 12.4. The topological polar surface area (TPSA) is 61.4 Å². The van der Waals surface area contributed by atoms with Crippen molar-refractivity contribution in [3.63, 3.8) is 0 Å². The summed E-state index contributed by atoms with van der Waals surface area (Å²) < 4.78 is 0. The zero-order valence-electron chi connectivity index (χ0n) is 13.4. The molecule has 0 atom stereocenters. The van der Waals surface area contributed by atoms with Crippen LogP contribution in [0.2, 0.25) is 0 Å². The van der Waals surface area contributed by atoms with Crippen molar-refractivity contribution in [2.75, 3.05) is 38.0 Å². The van der Waals surface area contributed by atoms with Crippen molar-refractivity contribution in [3.8, 4) is 0 Å². The molecule has 1 aliphatic rings. The molecule has 1 aliphatic heterocycles. The van der Waals surface area contributed by atoms with Crippen LogP contribution in [0.4, 0.5) is 5.82 Å². The molecule has 6 nitrogen and oxygen atoms in total. The Hall–Kier alpha value is -1.69. The summed E-state index contributed by atoms with van der Waals surface area (Å²) in [6.07, 6.45) is 3.17. The predicted octanol–water partition coefficient (Wildman–Crippen LogP) is 1.46. The minimum atomic E-state index is -0.0286. The van der Waals surface area contributed by atoms with Crippen LogP contribution in [-0.4, -0.2) is 63.9 Å². The summed E-state index contributed by atoms with van der Waals surface area (Å²) in [7, 11) is 0. The summed E-state index contributed by atoms with van der Waals surface area (Å²) in [6.45, 7) is 12.7. The zero-order chi connectivity index (χ0) is 15.5. The summed E-state index contributed by atoms with van der Waals surface area (Å²) in [5.41, 5.74) is 0.573. The maximum Gasteiger partial charge on any atom is 0.274 e. The molecule has 1 N–H and O–H groups in total. The molecule has 0 radical (unpaired) electrons. The SMILES string of the molecule is CCNc1cnc(C(=O)N2CCN(C(C)(C)C)CC2)cn1. The van der Waals surface area contributed by atoms with E-state index in [0.29, 0.717) is 11.5 Å². The molecule has 1 fully saturated rings. The van der Waals surface area contributed by atoms with Gasteiger partial charge in [-0.05, 0) is 27.7 Å². The Balaban J connectivity index is 1.95. The lowest BCUT2D eigenvalue weighted by atomic mass is 10.0. The van der Waals surface area contributed by atoms with Crippen LogP contribution in [0.3, 0.4) is 0 Å². The van der Waals surface area contributed by atoms with E-state index in [2.05, 4.69) is 41.0 Å². The minimum Gasteiger partial charge on any atom is -0.369 e. The number of nitrogens with zero attached hydrogens (tertiary/aromatic N) is 4. The summed E-state index contributed by atoms with van der Waals surface area (Å²) in [5.74, 6) is 0.672. The second-order valence-electron chi connectivity index (χ2n) is 6.27. The summed E-state index contributed by atoms with van der Waals surface area (Å²) in [6, 6.07) is 0. The molecule has 1 aromatic heterocycles. The highest BCUT2D eigenvalue weighted by atomic mass is 16.2. The third-order valence-electron chi connectivity index (χ3n) is 3.74. The molecule has 6 heteroatoms. The molecular weight excluding hydrogens is 266 g/mol. The Kier molecular flexibility index (Phi) is 4.77. The number of amides is 1. The Morgan fingerprint density at radius 1 is 1.19 bits per heavy atom. The summed E-state index contributed by atoms with van der Waals surface area (Å²) in [4.78, 5) is 25.1. The molecule has 0 bridgehead atoms. The van der Waals surface area contributed by atoms with Crippen LogP contribution in [0.1, 0.15) is 38.2 Å². The van der Waals surface area contributed by atoms with Gasteiger partial charge in [0, 0.05) is 38.3 Å². The van der Waals surface area contributed by atoms with Crippen LogP contribution in [0.5, 0.6) is 0 Å². The lowest BCUT2D eigenvalue weighted by molar-refractivity contribution is 0.0446. The van der Waals surface area contributed by atoms with Crippen molar-refractivity contribution in [3.05, 3.63) is 18.1 Å². The van der Waals surface area contributed by atoms with Gasteiger partial charge in [-0.3, -0.25) is 9.69 Å². The average Bonchev–Trinajstić information content (AvgIpc) is 2.47. The van der Waals surface area contributed by atoms with Crippen molar-refractivity contribution in [2.24, 2.45) is 0 Å². The monoisotopic (exact) mass is 291 g/mol. The average molecular weight is 291 g/mol. The highest BCUT2D eigenvalue weighted by molar-refractivity contribution is 5.92. The van der Waals surface area contributed by atoms with Gasteiger partial charge in [0.05, 0.1) is 12.4 Å². The van der Waals surface area contributed by atoms with Gasteiger partial charge in [-0.25, -0.2) is 9.97 Å². The molecule has 0 saturated carbocycles. The zero-order valence-corrected chi connectivity index (χ0v) is 13.4. The van der Waals surface area contributed by atoms with Gasteiger partial charge in [0.2, 0.25) is 0 Å². The van der Waals surface area contributed by atoms with Crippen molar-refractivity contribution in [1.29, 1.82) is 0 Å². The van der Waals surface area contributed by atoms with E-state index >= 15 is 0 Å². The van der Waals surface area contributed by atoms with Crippen LogP contribution < -0.4 is 5.32 Å². The molecule has 0 spiro atoms. The smallest absolute Gasteiger partial charge is 0.274 e. The Labute approximate surface area is 126 Å². The van der Waals surface area contributed by atoms with Gasteiger partial charge >= 0.3 is 0 Å². The third kappa shape index (κ3) is 3.91. The second-order valence-corrected chi connectivity index (χ2v) is 6.27. The number of aromatic nitrogens is 2. The molecule has 1 aromatic rings. The van der Waals surface area contributed by atoms with Crippen LogP contribution in [0, 0.1) is 0 Å². The highest BCUT2D eigenvalue weighted by Crippen LogP contribution is 2.16. The molecule has 2 heterocycles. The number of carbonyl (C=O) groups excluding carboxylic acids is 1. The lowest BCUT2D eigenvalue weighted by Gasteiger charge is -2.42. The fourth-order valence-electron chi connectivity index (χ4n) is 2.45. The second kappa shape index (κ2) is 6.39. The molecular formula is C15H25N5O. The minimum absolute atomic E-state index is 0.0286. The van der Waals surface area contributed by atoms with Crippen molar-refractivity contribution >= 4 is 11.7 Å². The van der Waals surface area contributed by atoms with Crippen LogP contribution >= 0.6 is 0 Å². The number of anilines is 1. The Morgan fingerprint density at radius 2 is 1.86 bits per heavy atom. The van der Waals surface area contributed by atoms with E-state index in [1.165, 1.54) is 0 Å². The number of nitrogens with one attached hydrogen (secondary N) is 1. The van der Waals surface area contributed by atoms with Crippen molar-refractivity contribution in [1.82, 2.24) is 19.8 Å². The Bertz CT molecular complexity index is 472. The number of hydrogen-bond donors (Lipinski definition) is 1. The van der Waals surface area contributed by atoms with E-state index < -0.39 is 0 Å². The summed E-state index contributed by atoms with van der Waals surface area (Å²) in [5, 5.41) is 3.07. The first-order chi connectivity index (χ1) is 9.91. The standard InChI is InChI=1S/C15H25N5O/c1-5-16-13-11-17-12(10-18-13)14(21)19-6-8-20(9-7-19)15(2,3)4/h10-11H,5-9H2,1-4H3,(H,16,18). The highest BCUT2D eigenvalue weighted by Gasteiger charge is 2.28. The Morgan fingerprint density at radius 3 is 2.33 bits per heavy atom. The van der Waals surface area contributed by atoms with Crippen molar-refractivity contribution in [2.45, 2.75) is 33.2 Å². The fraction of sp³-hybridized carbons (Fsp3) is 0.667. The third-order valence-corrected chi connectivity index (χ3v) is 3.74. The molecule has 1 saturated heterocycles. The van der Waals surface area contributed by atoms with E-state index in [1.54, 1.807) is 12.4 Å². The summed E-state index contributed by atoms with van der Waals surface area (Å²) >= 11 is 0. The molecule has 21 heavy (non-hydrogen) atoms. The van der Waals surface area contributed by atoms with E-state index in [-0.39, 0.29) is 11.4 Å². The largest absolute Gasteiger partial charge is 0.369 e. The number of piperazine rings is 1. The number of hydrogen-bond acceptors (Lipinski definition) is 5. The fourth-order valence-corrected chi connectivity index (χ4v) is 2.45. The van der Waals surface area contributed by atoms with Crippen LogP contribution in [0.15, 0.2) is 12.4 Å². The first kappa shape index (κ1) is 15.7. The molecule has 2 rings (SSSR count). The van der Waals surface area contributed by atoms with E-state index in [0.717, 1.165) is 32.7 Å².